The van der Waals surface area contributed by atoms with E-state index in [0.29, 0.717) is 11.9 Å². The van der Waals surface area contributed by atoms with Gasteiger partial charge in [0.2, 0.25) is 14.2 Å². The normalized spacial score (nSPS) is 23.0. The third kappa shape index (κ3) is 5.75. The van der Waals surface area contributed by atoms with Crippen LogP contribution in [-0.2, 0) is 28.8 Å². The molecule has 1 aliphatic heterocycles. The fraction of sp³-hybridized carbons (Fsp3) is 0.600. The molecular formula is C20H27NO6S2. The van der Waals surface area contributed by atoms with Crippen molar-refractivity contribution in [2.75, 3.05) is 5.75 Å². The monoisotopic (exact) mass is 441 g/mol. The van der Waals surface area contributed by atoms with E-state index in [4.69, 9.17) is 14.2 Å². The van der Waals surface area contributed by atoms with Crippen molar-refractivity contribution < 1.29 is 27.4 Å². The standard InChI is InChI=1S/C20H27NO6S2/c1-5-13(2)25-18(22)11-14-10-15(27-20(3,4)26-14)12-29(23,24)19-21-16-8-6-7-9-17(16)28-19/h6-9,13-15H,5,10-12H2,1-4H3/t13?,14?,15-/m0/s1. The molecule has 2 heterocycles. The molecule has 1 saturated heterocycles. The molecule has 1 aromatic heterocycles. The molecule has 0 amide bonds. The van der Waals surface area contributed by atoms with Crippen LogP contribution in [0.1, 0.15) is 47.0 Å². The summed E-state index contributed by atoms with van der Waals surface area (Å²) >= 11 is 1.15. The zero-order valence-electron chi connectivity index (χ0n) is 17.1. The quantitative estimate of drug-likeness (QED) is 0.605. The van der Waals surface area contributed by atoms with Crippen molar-refractivity contribution in [2.45, 2.75) is 75.4 Å². The van der Waals surface area contributed by atoms with Crippen molar-refractivity contribution >= 4 is 37.4 Å². The number of nitrogens with zero attached hydrogens (tertiary/aromatic N) is 1. The average Bonchev–Trinajstić information content (AvgIpc) is 3.04. The molecule has 0 radical (unpaired) electrons. The van der Waals surface area contributed by atoms with Crippen molar-refractivity contribution in [3.8, 4) is 0 Å². The Labute approximate surface area is 175 Å². The largest absolute Gasteiger partial charge is 0.463 e. The summed E-state index contributed by atoms with van der Waals surface area (Å²) in [7, 11) is -3.64. The van der Waals surface area contributed by atoms with Crippen LogP contribution in [0.3, 0.4) is 0 Å². The van der Waals surface area contributed by atoms with Crippen LogP contribution < -0.4 is 0 Å². The van der Waals surface area contributed by atoms with Gasteiger partial charge in [-0.15, -0.1) is 11.3 Å². The maximum atomic E-state index is 12.9. The fourth-order valence-electron chi connectivity index (χ4n) is 3.29. The van der Waals surface area contributed by atoms with E-state index in [2.05, 4.69) is 4.98 Å². The van der Waals surface area contributed by atoms with Gasteiger partial charge in [-0.05, 0) is 39.3 Å². The van der Waals surface area contributed by atoms with Gasteiger partial charge in [0.05, 0.1) is 40.7 Å². The predicted octanol–water partition coefficient (Wildman–Crippen LogP) is 3.71. The summed E-state index contributed by atoms with van der Waals surface area (Å²) in [6.07, 6.45) is -0.138. The number of hydrogen-bond donors (Lipinski definition) is 0. The fourth-order valence-corrected chi connectivity index (χ4v) is 6.04. The van der Waals surface area contributed by atoms with E-state index in [9.17, 15) is 13.2 Å². The van der Waals surface area contributed by atoms with Gasteiger partial charge < -0.3 is 14.2 Å². The Balaban J connectivity index is 1.70. The van der Waals surface area contributed by atoms with Gasteiger partial charge in [0.1, 0.15) is 0 Å². The van der Waals surface area contributed by atoms with Gasteiger partial charge in [-0.1, -0.05) is 19.1 Å². The van der Waals surface area contributed by atoms with Gasteiger partial charge >= 0.3 is 5.97 Å². The summed E-state index contributed by atoms with van der Waals surface area (Å²) in [5.41, 5.74) is 0.662. The minimum Gasteiger partial charge on any atom is -0.463 e. The Morgan fingerprint density at radius 2 is 2.00 bits per heavy atom. The lowest BCUT2D eigenvalue weighted by atomic mass is 10.1. The summed E-state index contributed by atoms with van der Waals surface area (Å²) in [6, 6.07) is 7.31. The van der Waals surface area contributed by atoms with Crippen molar-refractivity contribution in [3.63, 3.8) is 0 Å². The number of ether oxygens (including phenoxy) is 3. The van der Waals surface area contributed by atoms with Gasteiger partial charge in [-0.25, -0.2) is 13.4 Å². The van der Waals surface area contributed by atoms with Crippen LogP contribution >= 0.6 is 11.3 Å². The SMILES string of the molecule is CCC(C)OC(=O)CC1C[C@@H](CS(=O)(=O)c2nc3ccccc3s2)OC(C)(C)O1. The Morgan fingerprint density at radius 1 is 1.31 bits per heavy atom. The lowest BCUT2D eigenvalue weighted by Crippen LogP contribution is -2.47. The minimum atomic E-state index is -3.64. The Bertz CT molecular complexity index is 935. The highest BCUT2D eigenvalue weighted by Crippen LogP contribution is 2.32. The lowest BCUT2D eigenvalue weighted by Gasteiger charge is -2.40. The van der Waals surface area contributed by atoms with E-state index >= 15 is 0 Å². The molecule has 3 atom stereocenters. The molecule has 160 valence electrons. The van der Waals surface area contributed by atoms with Crippen LogP contribution in [0.15, 0.2) is 28.6 Å². The molecule has 1 aromatic carbocycles. The van der Waals surface area contributed by atoms with Crippen LogP contribution in [0, 0.1) is 0 Å². The van der Waals surface area contributed by atoms with Gasteiger partial charge in [0.25, 0.3) is 0 Å². The number of fused-ring (bicyclic) bond motifs is 1. The summed E-state index contributed by atoms with van der Waals surface area (Å²) in [6.45, 7) is 7.21. The summed E-state index contributed by atoms with van der Waals surface area (Å²) < 4.78 is 43.8. The molecule has 3 rings (SSSR count). The summed E-state index contributed by atoms with van der Waals surface area (Å²) in [5.74, 6) is -1.56. The van der Waals surface area contributed by atoms with Crippen molar-refractivity contribution in [1.82, 2.24) is 4.98 Å². The Morgan fingerprint density at radius 3 is 2.69 bits per heavy atom. The van der Waals surface area contributed by atoms with Crippen LogP contribution in [-0.4, -0.2) is 49.2 Å². The molecular weight excluding hydrogens is 414 g/mol. The van der Waals surface area contributed by atoms with Crippen molar-refractivity contribution in [1.29, 1.82) is 0 Å². The Kier molecular flexibility index (Phi) is 6.62. The van der Waals surface area contributed by atoms with Gasteiger partial charge in [0.15, 0.2) is 5.79 Å². The zero-order chi connectivity index (χ0) is 21.2. The van der Waals surface area contributed by atoms with Crippen molar-refractivity contribution in [3.05, 3.63) is 24.3 Å². The van der Waals surface area contributed by atoms with Crippen LogP contribution in [0.5, 0.6) is 0 Å². The molecule has 7 nitrogen and oxygen atoms in total. The molecule has 1 fully saturated rings. The first-order valence-electron chi connectivity index (χ1n) is 9.71. The van der Waals surface area contributed by atoms with Gasteiger partial charge in [0, 0.05) is 6.42 Å². The van der Waals surface area contributed by atoms with E-state index in [1.807, 2.05) is 32.0 Å². The number of thiazole rings is 1. The number of carbonyl (C=O) groups is 1. The molecule has 0 N–H and O–H groups in total. The van der Waals surface area contributed by atoms with E-state index in [1.165, 1.54) is 0 Å². The van der Waals surface area contributed by atoms with E-state index in [-0.39, 0.29) is 28.6 Å². The molecule has 0 saturated carbocycles. The first kappa shape index (κ1) is 22.1. The number of sulfone groups is 1. The maximum Gasteiger partial charge on any atom is 0.308 e. The number of aromatic nitrogens is 1. The van der Waals surface area contributed by atoms with E-state index < -0.39 is 27.8 Å². The number of carbonyl (C=O) groups excluding carboxylic acids is 1. The minimum absolute atomic E-state index is 0.0643. The van der Waals surface area contributed by atoms with E-state index in [0.717, 1.165) is 22.5 Å². The highest BCUT2D eigenvalue weighted by Gasteiger charge is 2.39. The van der Waals surface area contributed by atoms with Gasteiger partial charge in [-0.2, -0.15) is 0 Å². The first-order chi connectivity index (χ1) is 13.6. The topological polar surface area (TPSA) is 91.8 Å². The number of esters is 1. The molecule has 0 bridgehead atoms. The smallest absolute Gasteiger partial charge is 0.308 e. The predicted molar refractivity (Wildman–Crippen MR) is 111 cm³/mol. The molecule has 0 spiro atoms. The molecule has 0 aliphatic carbocycles. The third-order valence-corrected chi connectivity index (χ3v) is 7.95. The number of rotatable bonds is 7. The van der Waals surface area contributed by atoms with E-state index in [1.54, 1.807) is 19.9 Å². The average molecular weight is 442 g/mol. The highest BCUT2D eigenvalue weighted by atomic mass is 32.2. The van der Waals surface area contributed by atoms with Crippen LogP contribution in [0.2, 0.25) is 0 Å². The molecule has 2 aromatic rings. The Hall–Kier alpha value is -1.55. The lowest BCUT2D eigenvalue weighted by molar-refractivity contribution is -0.295. The molecule has 2 unspecified atom stereocenters. The second kappa shape index (κ2) is 8.67. The maximum absolute atomic E-state index is 12.9. The third-order valence-electron chi connectivity index (χ3n) is 4.67. The number of benzene rings is 1. The number of para-hydroxylation sites is 1. The van der Waals surface area contributed by atoms with Gasteiger partial charge in [-0.3, -0.25) is 4.79 Å². The highest BCUT2D eigenvalue weighted by molar-refractivity contribution is 7.93. The second-order valence-corrected chi connectivity index (χ2v) is 11.0. The van der Waals surface area contributed by atoms with Crippen LogP contribution in [0.25, 0.3) is 10.2 Å². The first-order valence-corrected chi connectivity index (χ1v) is 12.2. The second-order valence-electron chi connectivity index (χ2n) is 7.76. The van der Waals surface area contributed by atoms with Crippen molar-refractivity contribution in [2.24, 2.45) is 0 Å². The molecule has 1 aliphatic rings. The summed E-state index contributed by atoms with van der Waals surface area (Å²) in [4.78, 5) is 16.4. The number of hydrogen-bond acceptors (Lipinski definition) is 8. The molecule has 29 heavy (non-hydrogen) atoms. The molecule has 9 heteroatoms. The van der Waals surface area contributed by atoms with Crippen LogP contribution in [0.4, 0.5) is 0 Å². The summed E-state index contributed by atoms with van der Waals surface area (Å²) in [5, 5.41) is 0. The zero-order valence-corrected chi connectivity index (χ0v) is 18.7.